The van der Waals surface area contributed by atoms with E-state index in [1.54, 1.807) is 0 Å². The van der Waals surface area contributed by atoms with Gasteiger partial charge in [-0.25, -0.2) is 0 Å². The third-order valence-corrected chi connectivity index (χ3v) is 3.36. The quantitative estimate of drug-likeness (QED) is 0.644. The minimum atomic E-state index is 0.0362. The van der Waals surface area contributed by atoms with Crippen molar-refractivity contribution < 1.29 is 0 Å². The molecule has 0 fully saturated rings. The molecule has 0 spiro atoms. The lowest BCUT2D eigenvalue weighted by molar-refractivity contribution is 1.48. The maximum atomic E-state index is 3.19. The Hall–Kier alpha value is -0.810. The first-order valence-electron chi connectivity index (χ1n) is 4.02. The van der Waals surface area contributed by atoms with Gasteiger partial charge < -0.3 is 4.98 Å². The first-order chi connectivity index (χ1) is 5.77. The number of rotatable bonds is 1. The highest BCUT2D eigenvalue weighted by Crippen LogP contribution is 2.25. The molecule has 1 aromatic heterocycles. The van der Waals surface area contributed by atoms with Crippen molar-refractivity contribution in [3.8, 4) is 0 Å². The Bertz CT molecular complexity index is 389. The van der Waals surface area contributed by atoms with E-state index in [4.69, 9.17) is 0 Å². The molecule has 2 aromatic rings. The van der Waals surface area contributed by atoms with Crippen LogP contribution in [0.5, 0.6) is 0 Å². The second-order valence-corrected chi connectivity index (χ2v) is 5.45. The largest absolute Gasteiger partial charge is 0.361 e. The number of aromatic amines is 1. The Morgan fingerprint density at radius 1 is 1.17 bits per heavy atom. The van der Waals surface area contributed by atoms with Crippen molar-refractivity contribution in [1.29, 1.82) is 0 Å². The van der Waals surface area contributed by atoms with Gasteiger partial charge in [-0.15, -0.1) is 0 Å². The Kier molecular flexibility index (Phi) is 1.90. The lowest BCUT2D eigenvalue weighted by atomic mass is 10.2. The van der Waals surface area contributed by atoms with Crippen LogP contribution in [0.1, 0.15) is 0 Å². The number of hydrogen-bond donors (Lipinski definition) is 1. The zero-order valence-corrected chi connectivity index (χ0v) is 8.23. The van der Waals surface area contributed by atoms with Gasteiger partial charge in [0.2, 0.25) is 0 Å². The van der Waals surface area contributed by atoms with Crippen LogP contribution in [0.2, 0.25) is 0 Å². The van der Waals surface area contributed by atoms with Gasteiger partial charge in [0.05, 0.1) is 0 Å². The summed E-state index contributed by atoms with van der Waals surface area (Å²) < 4.78 is 0. The van der Waals surface area contributed by atoms with Crippen LogP contribution in [0.3, 0.4) is 0 Å². The van der Waals surface area contributed by atoms with E-state index in [-0.39, 0.29) is 7.92 Å². The molecule has 0 radical (unpaired) electrons. The van der Waals surface area contributed by atoms with E-state index in [0.29, 0.717) is 0 Å². The van der Waals surface area contributed by atoms with Gasteiger partial charge in [-0.05, 0) is 42.2 Å². The van der Waals surface area contributed by atoms with Gasteiger partial charge in [-0.1, -0.05) is 14.0 Å². The minimum Gasteiger partial charge on any atom is -0.361 e. The molecule has 0 saturated carbocycles. The minimum absolute atomic E-state index is 0.0362. The van der Waals surface area contributed by atoms with Crippen molar-refractivity contribution in [1.82, 2.24) is 4.98 Å². The topological polar surface area (TPSA) is 15.8 Å². The molecule has 0 saturated heterocycles. The van der Waals surface area contributed by atoms with Crippen molar-refractivity contribution in [3.63, 3.8) is 0 Å². The SMILES string of the molecule is CP(C)c1ccc2[nH]ccc2c1. The van der Waals surface area contributed by atoms with Crippen molar-refractivity contribution in [2.45, 2.75) is 0 Å². The molecule has 1 aromatic carbocycles. The fourth-order valence-electron chi connectivity index (χ4n) is 1.32. The Labute approximate surface area is 73.6 Å². The summed E-state index contributed by atoms with van der Waals surface area (Å²) in [4.78, 5) is 3.19. The zero-order chi connectivity index (χ0) is 8.55. The molecule has 0 bridgehead atoms. The maximum absolute atomic E-state index is 3.19. The van der Waals surface area contributed by atoms with Crippen LogP contribution in [0.15, 0.2) is 30.5 Å². The molecule has 1 nitrogen and oxygen atoms in total. The van der Waals surface area contributed by atoms with E-state index in [0.717, 1.165) is 0 Å². The Morgan fingerprint density at radius 3 is 2.75 bits per heavy atom. The van der Waals surface area contributed by atoms with Crippen LogP contribution in [0.4, 0.5) is 0 Å². The molecule has 2 rings (SSSR count). The lowest BCUT2D eigenvalue weighted by Crippen LogP contribution is -1.96. The van der Waals surface area contributed by atoms with Crippen LogP contribution < -0.4 is 5.30 Å². The van der Waals surface area contributed by atoms with E-state index in [9.17, 15) is 0 Å². The summed E-state index contributed by atoms with van der Waals surface area (Å²) in [6.45, 7) is 4.56. The van der Waals surface area contributed by atoms with Crippen LogP contribution in [-0.2, 0) is 0 Å². The van der Waals surface area contributed by atoms with Gasteiger partial charge in [0.15, 0.2) is 0 Å². The van der Waals surface area contributed by atoms with Crippen LogP contribution in [-0.4, -0.2) is 18.3 Å². The summed E-state index contributed by atoms with van der Waals surface area (Å²) >= 11 is 0. The number of benzene rings is 1. The van der Waals surface area contributed by atoms with E-state index in [2.05, 4.69) is 42.6 Å². The molecular formula is C10H12NP. The summed E-state index contributed by atoms with van der Waals surface area (Å²) in [6.07, 6.45) is 1.99. The van der Waals surface area contributed by atoms with Crippen LogP contribution >= 0.6 is 7.92 Å². The molecule has 0 aliphatic rings. The average Bonchev–Trinajstić information content (AvgIpc) is 2.49. The number of hydrogen-bond acceptors (Lipinski definition) is 0. The van der Waals surface area contributed by atoms with E-state index < -0.39 is 0 Å². The second kappa shape index (κ2) is 2.91. The van der Waals surface area contributed by atoms with Gasteiger partial charge in [0, 0.05) is 11.7 Å². The standard InChI is InChI=1S/C10H12NP/c1-12(2)9-3-4-10-8(7-9)5-6-11-10/h3-7,11H,1-2H3. The molecule has 1 N–H and O–H groups in total. The van der Waals surface area contributed by atoms with Crippen LogP contribution in [0.25, 0.3) is 10.9 Å². The first kappa shape index (κ1) is 7.82. The third-order valence-electron chi connectivity index (χ3n) is 2.05. The normalized spacial score (nSPS) is 11.2. The molecule has 0 amide bonds. The molecule has 0 aliphatic carbocycles. The number of H-pyrrole nitrogens is 1. The number of aromatic nitrogens is 1. The van der Waals surface area contributed by atoms with E-state index in [1.807, 2.05) is 6.20 Å². The smallest absolute Gasteiger partial charge is 0.0454 e. The van der Waals surface area contributed by atoms with Gasteiger partial charge in [0.25, 0.3) is 0 Å². The molecule has 0 unspecified atom stereocenters. The lowest BCUT2D eigenvalue weighted by Gasteiger charge is -2.04. The molecular weight excluding hydrogens is 165 g/mol. The highest BCUT2D eigenvalue weighted by Gasteiger charge is 1.99. The maximum Gasteiger partial charge on any atom is 0.0454 e. The van der Waals surface area contributed by atoms with Crippen molar-refractivity contribution in [2.24, 2.45) is 0 Å². The highest BCUT2D eigenvalue weighted by atomic mass is 31.1. The predicted molar refractivity (Wildman–Crippen MR) is 56.7 cm³/mol. The van der Waals surface area contributed by atoms with Crippen LogP contribution in [0, 0.1) is 0 Å². The molecule has 2 heteroatoms. The van der Waals surface area contributed by atoms with E-state index >= 15 is 0 Å². The predicted octanol–water partition coefficient (Wildman–Crippen LogP) is 2.53. The van der Waals surface area contributed by atoms with Gasteiger partial charge in [0.1, 0.15) is 0 Å². The first-order valence-corrected chi connectivity index (χ1v) is 6.25. The Balaban J connectivity index is 2.60. The zero-order valence-electron chi connectivity index (χ0n) is 7.33. The van der Waals surface area contributed by atoms with Crippen molar-refractivity contribution in [3.05, 3.63) is 30.5 Å². The van der Waals surface area contributed by atoms with Crippen molar-refractivity contribution in [2.75, 3.05) is 13.3 Å². The molecule has 62 valence electrons. The average molecular weight is 177 g/mol. The molecule has 1 heterocycles. The number of nitrogens with one attached hydrogen (secondary N) is 1. The highest BCUT2D eigenvalue weighted by molar-refractivity contribution is 7.64. The van der Waals surface area contributed by atoms with Gasteiger partial charge in [-0.3, -0.25) is 0 Å². The van der Waals surface area contributed by atoms with Gasteiger partial charge >= 0.3 is 0 Å². The summed E-state index contributed by atoms with van der Waals surface area (Å²) in [5.41, 5.74) is 1.23. The third kappa shape index (κ3) is 1.25. The summed E-state index contributed by atoms with van der Waals surface area (Å²) in [5.74, 6) is 0. The molecule has 12 heavy (non-hydrogen) atoms. The Morgan fingerprint density at radius 2 is 2.00 bits per heavy atom. The number of fused-ring (bicyclic) bond motifs is 1. The van der Waals surface area contributed by atoms with E-state index in [1.165, 1.54) is 16.2 Å². The summed E-state index contributed by atoms with van der Waals surface area (Å²) in [6, 6.07) is 8.77. The summed E-state index contributed by atoms with van der Waals surface area (Å²) in [5, 5.41) is 2.79. The fourth-order valence-corrected chi connectivity index (χ4v) is 2.09. The molecule has 0 atom stereocenters. The second-order valence-electron chi connectivity index (χ2n) is 3.14. The van der Waals surface area contributed by atoms with Gasteiger partial charge in [-0.2, -0.15) is 0 Å². The summed E-state index contributed by atoms with van der Waals surface area (Å²) in [7, 11) is 0.0362. The fraction of sp³-hybridized carbons (Fsp3) is 0.200. The van der Waals surface area contributed by atoms with Crippen molar-refractivity contribution >= 4 is 24.1 Å². The molecule has 0 aliphatic heterocycles. The monoisotopic (exact) mass is 177 g/mol.